The van der Waals surface area contributed by atoms with Crippen LogP contribution in [0, 0.1) is 5.92 Å². The van der Waals surface area contributed by atoms with Crippen LogP contribution in [0.3, 0.4) is 0 Å². The number of likely N-dealkylation sites (tertiary alicyclic amines) is 1. The smallest absolute Gasteiger partial charge is 0.225 e. The van der Waals surface area contributed by atoms with Crippen LogP contribution in [0.1, 0.15) is 51.4 Å². The number of rotatable bonds is 4. The van der Waals surface area contributed by atoms with E-state index in [-0.39, 0.29) is 0 Å². The summed E-state index contributed by atoms with van der Waals surface area (Å²) in [7, 11) is 2.21. The molecule has 0 bridgehead atoms. The maximum Gasteiger partial charge on any atom is 0.225 e. The summed E-state index contributed by atoms with van der Waals surface area (Å²) in [6.07, 6.45) is 9.73. The van der Waals surface area contributed by atoms with Gasteiger partial charge in [0.1, 0.15) is 0 Å². The van der Waals surface area contributed by atoms with E-state index < -0.39 is 0 Å². The number of piperazine rings is 1. The molecular weight excluding hydrogens is 274 g/mol. The van der Waals surface area contributed by atoms with Crippen molar-refractivity contribution in [3.05, 3.63) is 0 Å². The quantitative estimate of drug-likeness (QED) is 0.796. The summed E-state index contributed by atoms with van der Waals surface area (Å²) in [4.78, 5) is 20.1. The molecular formula is C18H33N3O. The highest BCUT2D eigenvalue weighted by atomic mass is 16.2. The fourth-order valence-corrected chi connectivity index (χ4v) is 4.40. The Labute approximate surface area is 135 Å². The van der Waals surface area contributed by atoms with Gasteiger partial charge in [0.05, 0.1) is 0 Å². The van der Waals surface area contributed by atoms with Gasteiger partial charge in [0, 0.05) is 51.2 Å². The molecule has 2 aliphatic heterocycles. The zero-order valence-electron chi connectivity index (χ0n) is 14.3. The van der Waals surface area contributed by atoms with E-state index in [1.54, 1.807) is 0 Å². The average molecular weight is 307 g/mol. The molecule has 3 rings (SSSR count). The lowest BCUT2D eigenvalue weighted by Gasteiger charge is -2.39. The van der Waals surface area contributed by atoms with Crippen molar-refractivity contribution in [1.82, 2.24) is 14.7 Å². The van der Waals surface area contributed by atoms with Crippen LogP contribution in [-0.2, 0) is 4.79 Å². The molecule has 4 nitrogen and oxygen atoms in total. The molecule has 1 atom stereocenters. The number of carbonyl (C=O) groups excluding carboxylic acids is 1. The molecule has 2 heterocycles. The van der Waals surface area contributed by atoms with Gasteiger partial charge in [-0.25, -0.2) is 0 Å². The number of nitrogens with zero attached hydrogens (tertiary/aromatic N) is 3. The number of amides is 1. The second kappa shape index (κ2) is 7.78. The summed E-state index contributed by atoms with van der Waals surface area (Å²) < 4.78 is 0. The second-order valence-electron chi connectivity index (χ2n) is 7.60. The van der Waals surface area contributed by atoms with E-state index in [2.05, 4.69) is 21.7 Å². The molecule has 2 saturated heterocycles. The molecule has 1 aliphatic carbocycles. The molecule has 0 radical (unpaired) electrons. The summed E-state index contributed by atoms with van der Waals surface area (Å²) in [5.74, 6) is 0.838. The van der Waals surface area contributed by atoms with Crippen LogP contribution in [0.2, 0.25) is 0 Å². The Balaban J connectivity index is 1.50. The van der Waals surface area contributed by atoms with Crippen LogP contribution in [-0.4, -0.2) is 73.0 Å². The molecule has 0 unspecified atom stereocenters. The summed E-state index contributed by atoms with van der Waals surface area (Å²) in [6, 6.07) is 0.515. The first-order valence-electron chi connectivity index (χ1n) is 9.45. The molecule has 3 fully saturated rings. The standard InChI is InChI=1S/C18H33N3O/c1-19-12-14-20(15-13-19)11-9-17-8-4-5-10-21(17)18(22)16-6-2-3-7-16/h16-17H,2-15H2,1H3/t17-/m0/s1. The highest BCUT2D eigenvalue weighted by molar-refractivity contribution is 5.79. The van der Waals surface area contributed by atoms with Gasteiger partial charge < -0.3 is 14.7 Å². The van der Waals surface area contributed by atoms with E-state index >= 15 is 0 Å². The summed E-state index contributed by atoms with van der Waals surface area (Å²) in [6.45, 7) is 6.96. The van der Waals surface area contributed by atoms with Crippen LogP contribution < -0.4 is 0 Å². The molecule has 0 aromatic heterocycles. The van der Waals surface area contributed by atoms with E-state index in [1.807, 2.05) is 0 Å². The van der Waals surface area contributed by atoms with Crippen molar-refractivity contribution < 1.29 is 4.79 Å². The fourth-order valence-electron chi connectivity index (χ4n) is 4.40. The summed E-state index contributed by atoms with van der Waals surface area (Å²) in [5.41, 5.74) is 0. The van der Waals surface area contributed by atoms with Gasteiger partial charge in [-0.3, -0.25) is 4.79 Å². The predicted molar refractivity (Wildman–Crippen MR) is 89.9 cm³/mol. The Morgan fingerprint density at radius 3 is 2.32 bits per heavy atom. The van der Waals surface area contributed by atoms with E-state index in [1.165, 1.54) is 71.2 Å². The molecule has 0 aromatic rings. The third-order valence-electron chi connectivity index (χ3n) is 5.99. The van der Waals surface area contributed by atoms with Crippen molar-refractivity contribution in [3.8, 4) is 0 Å². The van der Waals surface area contributed by atoms with Gasteiger partial charge in [-0.05, 0) is 45.6 Å². The SMILES string of the molecule is CN1CCN(CC[C@@H]2CCCCN2C(=O)C2CCCC2)CC1. The number of carbonyl (C=O) groups is 1. The zero-order chi connectivity index (χ0) is 15.4. The van der Waals surface area contributed by atoms with Gasteiger partial charge in [0.2, 0.25) is 5.91 Å². The molecule has 126 valence electrons. The Bertz CT molecular complexity index is 359. The zero-order valence-corrected chi connectivity index (χ0v) is 14.3. The van der Waals surface area contributed by atoms with Crippen molar-refractivity contribution in [1.29, 1.82) is 0 Å². The lowest BCUT2D eigenvalue weighted by molar-refractivity contribution is -0.139. The minimum Gasteiger partial charge on any atom is -0.339 e. The highest BCUT2D eigenvalue weighted by Gasteiger charge is 2.32. The topological polar surface area (TPSA) is 26.8 Å². The lowest BCUT2D eigenvalue weighted by atomic mass is 9.96. The van der Waals surface area contributed by atoms with Crippen molar-refractivity contribution in [2.45, 2.75) is 57.4 Å². The van der Waals surface area contributed by atoms with Crippen LogP contribution in [0.25, 0.3) is 0 Å². The Hall–Kier alpha value is -0.610. The van der Waals surface area contributed by atoms with Crippen molar-refractivity contribution in [3.63, 3.8) is 0 Å². The number of piperidine rings is 1. The fraction of sp³-hybridized carbons (Fsp3) is 0.944. The van der Waals surface area contributed by atoms with Crippen LogP contribution in [0.5, 0.6) is 0 Å². The van der Waals surface area contributed by atoms with E-state index in [0.29, 0.717) is 17.9 Å². The van der Waals surface area contributed by atoms with E-state index in [9.17, 15) is 4.79 Å². The Morgan fingerprint density at radius 2 is 1.59 bits per heavy atom. The number of likely N-dealkylation sites (N-methyl/N-ethyl adjacent to an activating group) is 1. The van der Waals surface area contributed by atoms with E-state index in [4.69, 9.17) is 0 Å². The van der Waals surface area contributed by atoms with Crippen LogP contribution in [0.4, 0.5) is 0 Å². The molecule has 22 heavy (non-hydrogen) atoms. The van der Waals surface area contributed by atoms with Gasteiger partial charge in [-0.1, -0.05) is 12.8 Å². The number of hydrogen-bond donors (Lipinski definition) is 0. The molecule has 1 amide bonds. The third kappa shape index (κ3) is 4.02. The first-order valence-corrected chi connectivity index (χ1v) is 9.45. The van der Waals surface area contributed by atoms with Gasteiger partial charge in [-0.15, -0.1) is 0 Å². The molecule has 1 saturated carbocycles. The Morgan fingerprint density at radius 1 is 0.909 bits per heavy atom. The minimum atomic E-state index is 0.351. The molecule has 4 heteroatoms. The van der Waals surface area contributed by atoms with Gasteiger partial charge in [0.25, 0.3) is 0 Å². The van der Waals surface area contributed by atoms with Crippen molar-refractivity contribution in [2.24, 2.45) is 5.92 Å². The van der Waals surface area contributed by atoms with Crippen molar-refractivity contribution >= 4 is 5.91 Å². The molecule has 0 spiro atoms. The maximum atomic E-state index is 12.8. The number of hydrogen-bond acceptors (Lipinski definition) is 3. The van der Waals surface area contributed by atoms with Gasteiger partial charge >= 0.3 is 0 Å². The van der Waals surface area contributed by atoms with Gasteiger partial charge in [0.15, 0.2) is 0 Å². The monoisotopic (exact) mass is 307 g/mol. The minimum absolute atomic E-state index is 0.351. The summed E-state index contributed by atoms with van der Waals surface area (Å²) >= 11 is 0. The molecule has 0 aromatic carbocycles. The van der Waals surface area contributed by atoms with Gasteiger partial charge in [-0.2, -0.15) is 0 Å². The second-order valence-corrected chi connectivity index (χ2v) is 7.60. The van der Waals surface area contributed by atoms with Crippen LogP contribution >= 0.6 is 0 Å². The van der Waals surface area contributed by atoms with Crippen molar-refractivity contribution in [2.75, 3.05) is 46.3 Å². The third-order valence-corrected chi connectivity index (χ3v) is 5.99. The first kappa shape index (κ1) is 16.3. The average Bonchev–Trinajstić information content (AvgIpc) is 3.08. The summed E-state index contributed by atoms with van der Waals surface area (Å²) in [5, 5.41) is 0. The largest absolute Gasteiger partial charge is 0.339 e. The lowest BCUT2D eigenvalue weighted by Crippen LogP contribution is -2.49. The molecule has 3 aliphatic rings. The first-order chi connectivity index (χ1) is 10.7. The van der Waals surface area contributed by atoms with E-state index in [0.717, 1.165) is 19.4 Å². The Kier molecular flexibility index (Phi) is 5.75. The predicted octanol–water partition coefficient (Wildman–Crippen LogP) is 2.20. The normalized spacial score (nSPS) is 29.1. The maximum absolute atomic E-state index is 12.8. The van der Waals surface area contributed by atoms with Crippen LogP contribution in [0.15, 0.2) is 0 Å². The molecule has 0 N–H and O–H groups in total. The highest BCUT2D eigenvalue weighted by Crippen LogP contribution is 2.30.